The topological polar surface area (TPSA) is 71.6 Å². The van der Waals surface area contributed by atoms with Crippen molar-refractivity contribution in [2.75, 3.05) is 36.9 Å². The number of nitrogens with two attached hydrogens (primary N) is 1. The molecule has 7 heteroatoms. The highest BCUT2D eigenvalue weighted by Gasteiger charge is 2.15. The van der Waals surface area contributed by atoms with Crippen LogP contribution in [0.3, 0.4) is 0 Å². The number of nitrogens with zero attached hydrogens (tertiary/aromatic N) is 2. The number of aliphatic hydroxyl groups excluding tert-OH is 1. The Bertz CT molecular complexity index is 377. The summed E-state index contributed by atoms with van der Waals surface area (Å²) in [5.41, 5.74) is 6.00. The van der Waals surface area contributed by atoms with Crippen LogP contribution in [0.2, 0.25) is 0 Å². The van der Waals surface area contributed by atoms with Gasteiger partial charge in [-0.2, -0.15) is 4.98 Å². The summed E-state index contributed by atoms with van der Waals surface area (Å²) in [6, 6.07) is 3.07. The van der Waals surface area contributed by atoms with E-state index >= 15 is 0 Å². The molecule has 0 atom stereocenters. The van der Waals surface area contributed by atoms with Crippen LogP contribution in [0.15, 0.2) is 12.1 Å². The Balaban J connectivity index is 2.93. The number of hydrogen-bond donors (Lipinski definition) is 2. The van der Waals surface area contributed by atoms with Crippen LogP contribution in [0.4, 0.5) is 20.3 Å². The number of pyridine rings is 1. The summed E-state index contributed by atoms with van der Waals surface area (Å²) in [6.45, 7) is 1.51. The van der Waals surface area contributed by atoms with Crippen LogP contribution >= 0.6 is 0 Å². The van der Waals surface area contributed by atoms with Crippen molar-refractivity contribution in [1.29, 1.82) is 0 Å². The Hall–Kier alpha value is -1.63. The molecule has 102 valence electrons. The van der Waals surface area contributed by atoms with Crippen molar-refractivity contribution in [3.8, 4) is 5.88 Å². The zero-order valence-electron chi connectivity index (χ0n) is 10.1. The smallest absolute Gasteiger partial charge is 0.255 e. The van der Waals surface area contributed by atoms with Gasteiger partial charge in [-0.1, -0.05) is 0 Å². The molecule has 1 rings (SSSR count). The van der Waals surface area contributed by atoms with Crippen LogP contribution in [0.25, 0.3) is 0 Å². The summed E-state index contributed by atoms with van der Waals surface area (Å²) < 4.78 is 30.0. The number of rotatable bonds is 7. The highest BCUT2D eigenvalue weighted by atomic mass is 19.3. The van der Waals surface area contributed by atoms with E-state index in [4.69, 9.17) is 15.6 Å². The van der Waals surface area contributed by atoms with Crippen LogP contribution in [-0.2, 0) is 0 Å². The Labute approximate surface area is 104 Å². The van der Waals surface area contributed by atoms with E-state index < -0.39 is 13.0 Å². The van der Waals surface area contributed by atoms with Gasteiger partial charge in [0.05, 0.1) is 25.4 Å². The second kappa shape index (κ2) is 6.95. The first-order valence-electron chi connectivity index (χ1n) is 5.61. The van der Waals surface area contributed by atoms with Gasteiger partial charge in [-0.25, -0.2) is 8.78 Å². The van der Waals surface area contributed by atoms with E-state index in [1.807, 2.05) is 0 Å². The first-order chi connectivity index (χ1) is 8.58. The lowest BCUT2D eigenvalue weighted by molar-refractivity contribution is 0.152. The molecule has 0 radical (unpaired) electrons. The molecule has 0 aliphatic carbocycles. The molecule has 0 saturated heterocycles. The van der Waals surface area contributed by atoms with Crippen molar-refractivity contribution >= 4 is 11.5 Å². The van der Waals surface area contributed by atoms with Crippen molar-refractivity contribution in [3.05, 3.63) is 12.1 Å². The molecule has 1 aromatic heterocycles. The van der Waals surface area contributed by atoms with E-state index in [-0.39, 0.29) is 19.0 Å². The monoisotopic (exact) mass is 261 g/mol. The molecule has 0 spiro atoms. The summed E-state index contributed by atoms with van der Waals surface area (Å²) in [6.07, 6.45) is -2.51. The van der Waals surface area contributed by atoms with E-state index in [0.29, 0.717) is 18.1 Å². The first-order valence-corrected chi connectivity index (χ1v) is 5.61. The number of ether oxygens (including phenoxy) is 1. The Morgan fingerprint density at radius 1 is 1.50 bits per heavy atom. The second-order valence-corrected chi connectivity index (χ2v) is 3.56. The van der Waals surface area contributed by atoms with Crippen LogP contribution < -0.4 is 15.4 Å². The number of anilines is 2. The molecular formula is C11H17F2N3O2. The molecule has 0 unspecified atom stereocenters. The molecule has 0 aliphatic rings. The maximum atomic E-state index is 12.4. The molecule has 3 N–H and O–H groups in total. The molecule has 0 aromatic carbocycles. The number of nitrogen functional groups attached to an aromatic ring is 1. The zero-order chi connectivity index (χ0) is 13.5. The normalized spacial score (nSPS) is 10.7. The van der Waals surface area contributed by atoms with Crippen molar-refractivity contribution in [3.63, 3.8) is 0 Å². The fraction of sp³-hybridized carbons (Fsp3) is 0.545. The Kier molecular flexibility index (Phi) is 5.57. The maximum Gasteiger partial charge on any atom is 0.255 e. The van der Waals surface area contributed by atoms with Crippen LogP contribution in [0, 0.1) is 0 Å². The lowest BCUT2D eigenvalue weighted by Crippen LogP contribution is -2.32. The van der Waals surface area contributed by atoms with E-state index in [2.05, 4.69) is 4.98 Å². The van der Waals surface area contributed by atoms with E-state index in [9.17, 15) is 8.78 Å². The number of alkyl halides is 2. The molecule has 18 heavy (non-hydrogen) atoms. The first kappa shape index (κ1) is 14.4. The quantitative estimate of drug-likeness (QED) is 0.769. The maximum absolute atomic E-state index is 12.4. The van der Waals surface area contributed by atoms with Crippen molar-refractivity contribution in [1.82, 2.24) is 4.98 Å². The van der Waals surface area contributed by atoms with Gasteiger partial charge in [-0.15, -0.1) is 0 Å². The minimum Gasteiger partial charge on any atom is -0.476 e. The minimum atomic E-state index is -2.51. The molecule has 0 aliphatic heterocycles. The molecule has 5 nitrogen and oxygen atoms in total. The van der Waals surface area contributed by atoms with Crippen LogP contribution in [-0.4, -0.2) is 42.8 Å². The average molecular weight is 261 g/mol. The molecule has 0 saturated carbocycles. The number of halogens is 2. The summed E-state index contributed by atoms with van der Waals surface area (Å²) in [5, 5.41) is 8.87. The fourth-order valence-electron chi connectivity index (χ4n) is 1.46. The van der Waals surface area contributed by atoms with Gasteiger partial charge < -0.3 is 20.5 Å². The summed E-state index contributed by atoms with van der Waals surface area (Å²) in [7, 11) is 0. The Morgan fingerprint density at radius 3 is 2.78 bits per heavy atom. The molecule has 1 aromatic rings. The molecule has 0 amide bonds. The van der Waals surface area contributed by atoms with Gasteiger partial charge >= 0.3 is 0 Å². The third-order valence-electron chi connectivity index (χ3n) is 2.21. The van der Waals surface area contributed by atoms with Gasteiger partial charge in [0, 0.05) is 6.54 Å². The number of aromatic nitrogens is 1. The van der Waals surface area contributed by atoms with Gasteiger partial charge in [0.15, 0.2) is 0 Å². The molecule has 0 bridgehead atoms. The van der Waals surface area contributed by atoms with E-state index in [1.165, 1.54) is 11.0 Å². The molecule has 0 fully saturated rings. The number of aliphatic hydroxyl groups is 1. The van der Waals surface area contributed by atoms with Crippen molar-refractivity contribution in [2.45, 2.75) is 13.3 Å². The predicted octanol–water partition coefficient (Wildman–Crippen LogP) is 1.13. The summed E-state index contributed by atoms with van der Waals surface area (Å²) in [5.74, 6) is 0.522. The van der Waals surface area contributed by atoms with E-state index in [1.54, 1.807) is 13.0 Å². The lowest BCUT2D eigenvalue weighted by Gasteiger charge is -2.23. The zero-order valence-corrected chi connectivity index (χ0v) is 10.1. The van der Waals surface area contributed by atoms with Gasteiger partial charge in [0.2, 0.25) is 5.88 Å². The highest BCUT2D eigenvalue weighted by Crippen LogP contribution is 2.23. The molecular weight excluding hydrogens is 244 g/mol. The molecule has 1 heterocycles. The summed E-state index contributed by atoms with van der Waals surface area (Å²) in [4.78, 5) is 5.35. The third kappa shape index (κ3) is 3.99. The van der Waals surface area contributed by atoms with Gasteiger partial charge in [-0.3, -0.25) is 0 Å². The van der Waals surface area contributed by atoms with Gasteiger partial charge in [-0.05, 0) is 19.1 Å². The minimum absolute atomic E-state index is 0.0762. The predicted molar refractivity (Wildman–Crippen MR) is 65.1 cm³/mol. The van der Waals surface area contributed by atoms with Crippen LogP contribution in [0.5, 0.6) is 5.88 Å². The fourth-order valence-corrected chi connectivity index (χ4v) is 1.46. The van der Waals surface area contributed by atoms with Crippen molar-refractivity contribution in [2.24, 2.45) is 0 Å². The number of hydrogen-bond acceptors (Lipinski definition) is 5. The van der Waals surface area contributed by atoms with Gasteiger partial charge in [0.1, 0.15) is 5.82 Å². The van der Waals surface area contributed by atoms with Crippen LogP contribution in [0.1, 0.15) is 6.92 Å². The second-order valence-electron chi connectivity index (χ2n) is 3.56. The summed E-state index contributed by atoms with van der Waals surface area (Å²) >= 11 is 0. The largest absolute Gasteiger partial charge is 0.476 e. The Morgan fingerprint density at radius 2 is 2.22 bits per heavy atom. The van der Waals surface area contributed by atoms with Crippen molar-refractivity contribution < 1.29 is 18.6 Å². The highest BCUT2D eigenvalue weighted by molar-refractivity contribution is 5.54. The SMILES string of the molecule is CCOc1nc(N(CCO)CC(F)F)ccc1N. The lowest BCUT2D eigenvalue weighted by atomic mass is 10.3. The average Bonchev–Trinajstić information content (AvgIpc) is 2.31. The third-order valence-corrected chi connectivity index (χ3v) is 2.21. The van der Waals surface area contributed by atoms with Gasteiger partial charge in [0.25, 0.3) is 6.43 Å². The standard InChI is InChI=1S/C11H17F2N3O2/c1-2-18-11-8(14)3-4-10(15-11)16(5-6-17)7-9(12)13/h3-4,9,17H,2,5-7,14H2,1H3. The van der Waals surface area contributed by atoms with E-state index in [0.717, 1.165) is 0 Å².